The maximum absolute atomic E-state index is 5.83. The molecule has 70 valence electrons. The van der Waals surface area contributed by atoms with Gasteiger partial charge in [0.2, 0.25) is 0 Å². The van der Waals surface area contributed by atoms with Crippen molar-refractivity contribution in [1.82, 2.24) is 10.2 Å². The van der Waals surface area contributed by atoms with Crippen molar-refractivity contribution in [1.29, 1.82) is 0 Å². The Morgan fingerprint density at radius 3 is 2.69 bits per heavy atom. The molecule has 1 heterocycles. The summed E-state index contributed by atoms with van der Waals surface area (Å²) in [6.45, 7) is 6.02. The molecule has 13 heavy (non-hydrogen) atoms. The summed E-state index contributed by atoms with van der Waals surface area (Å²) in [5.41, 5.74) is 2.15. The number of aryl methyl sites for hydroxylation is 1. The molecule has 0 aliphatic heterocycles. The van der Waals surface area contributed by atoms with E-state index in [9.17, 15) is 0 Å². The lowest BCUT2D eigenvalue weighted by Gasteiger charge is -1.94. The lowest BCUT2D eigenvalue weighted by Crippen LogP contribution is -1.74. The third-order valence-corrected chi connectivity index (χ3v) is 1.95. The molecule has 0 radical (unpaired) electrons. The van der Waals surface area contributed by atoms with Crippen LogP contribution in [0, 0.1) is 6.92 Å². The van der Waals surface area contributed by atoms with E-state index >= 15 is 0 Å². The van der Waals surface area contributed by atoms with Gasteiger partial charge in [0.1, 0.15) is 0 Å². The van der Waals surface area contributed by atoms with Crippen LogP contribution in [-0.2, 0) is 0 Å². The van der Waals surface area contributed by atoms with Crippen molar-refractivity contribution in [3.8, 4) is 0 Å². The lowest BCUT2D eigenvalue weighted by molar-refractivity contribution is 1.12. The molecule has 0 unspecified atom stereocenters. The SMILES string of the molecule is CC.Cc1cc(Cl)cc2[nH]ncc12. The molecular weight excluding hydrogens is 184 g/mol. The smallest absolute Gasteiger partial charge is 0.0667 e. The van der Waals surface area contributed by atoms with Crippen LogP contribution in [0.2, 0.25) is 5.02 Å². The number of nitrogens with one attached hydrogen (secondary N) is 1. The fourth-order valence-electron chi connectivity index (χ4n) is 1.18. The van der Waals surface area contributed by atoms with Crippen LogP contribution in [0.5, 0.6) is 0 Å². The molecule has 0 fully saturated rings. The highest BCUT2D eigenvalue weighted by Crippen LogP contribution is 2.20. The third kappa shape index (κ3) is 2.01. The Labute approximate surface area is 82.9 Å². The molecular formula is C10H13ClN2. The number of rotatable bonds is 0. The quantitative estimate of drug-likeness (QED) is 0.686. The molecule has 1 aromatic carbocycles. The normalized spacial score (nSPS) is 9.54. The average molecular weight is 197 g/mol. The van der Waals surface area contributed by atoms with E-state index in [0.717, 1.165) is 21.5 Å². The first-order valence-electron chi connectivity index (χ1n) is 4.36. The van der Waals surface area contributed by atoms with E-state index < -0.39 is 0 Å². The summed E-state index contributed by atoms with van der Waals surface area (Å²) < 4.78 is 0. The number of aromatic nitrogens is 2. The van der Waals surface area contributed by atoms with Crippen LogP contribution in [0.3, 0.4) is 0 Å². The van der Waals surface area contributed by atoms with Crippen LogP contribution < -0.4 is 0 Å². The molecule has 0 aliphatic rings. The maximum Gasteiger partial charge on any atom is 0.0667 e. The van der Waals surface area contributed by atoms with Gasteiger partial charge in [0.25, 0.3) is 0 Å². The van der Waals surface area contributed by atoms with Crippen molar-refractivity contribution in [2.75, 3.05) is 0 Å². The van der Waals surface area contributed by atoms with Crippen LogP contribution in [-0.4, -0.2) is 10.2 Å². The Bertz CT molecular complexity index is 393. The first kappa shape index (κ1) is 10.1. The molecule has 2 aromatic rings. The summed E-state index contributed by atoms with van der Waals surface area (Å²) in [6, 6.07) is 3.80. The number of hydrogen-bond donors (Lipinski definition) is 1. The van der Waals surface area contributed by atoms with E-state index in [4.69, 9.17) is 11.6 Å². The van der Waals surface area contributed by atoms with Crippen molar-refractivity contribution >= 4 is 22.5 Å². The third-order valence-electron chi connectivity index (χ3n) is 1.73. The van der Waals surface area contributed by atoms with Gasteiger partial charge in [0.15, 0.2) is 0 Å². The van der Waals surface area contributed by atoms with Gasteiger partial charge in [-0.3, -0.25) is 5.10 Å². The molecule has 0 aliphatic carbocycles. The minimum Gasteiger partial charge on any atom is -0.278 e. The first-order chi connectivity index (χ1) is 6.27. The van der Waals surface area contributed by atoms with Crippen LogP contribution in [0.15, 0.2) is 18.3 Å². The van der Waals surface area contributed by atoms with E-state index in [1.165, 1.54) is 0 Å². The molecule has 0 amide bonds. The van der Waals surface area contributed by atoms with E-state index in [1.807, 2.05) is 32.9 Å². The highest BCUT2D eigenvalue weighted by atomic mass is 35.5. The number of fused-ring (bicyclic) bond motifs is 1. The fraction of sp³-hybridized carbons (Fsp3) is 0.300. The number of hydrogen-bond acceptors (Lipinski definition) is 1. The van der Waals surface area contributed by atoms with Gasteiger partial charge in [-0.25, -0.2) is 0 Å². The lowest BCUT2D eigenvalue weighted by atomic mass is 10.1. The summed E-state index contributed by atoms with van der Waals surface area (Å²) in [4.78, 5) is 0. The van der Waals surface area contributed by atoms with Crippen LogP contribution in [0.4, 0.5) is 0 Å². The zero-order valence-electron chi connectivity index (χ0n) is 8.06. The minimum atomic E-state index is 0.749. The topological polar surface area (TPSA) is 28.7 Å². The van der Waals surface area contributed by atoms with Gasteiger partial charge >= 0.3 is 0 Å². The van der Waals surface area contributed by atoms with Gasteiger partial charge in [-0.15, -0.1) is 0 Å². The van der Waals surface area contributed by atoms with Gasteiger partial charge in [-0.2, -0.15) is 5.10 Å². The molecule has 2 nitrogen and oxygen atoms in total. The number of nitrogens with zero attached hydrogens (tertiary/aromatic N) is 1. The monoisotopic (exact) mass is 196 g/mol. The molecule has 0 saturated heterocycles. The molecule has 1 aromatic heterocycles. The van der Waals surface area contributed by atoms with Crippen molar-refractivity contribution in [2.24, 2.45) is 0 Å². The predicted molar refractivity (Wildman–Crippen MR) is 57.2 cm³/mol. The highest BCUT2D eigenvalue weighted by Gasteiger charge is 1.99. The van der Waals surface area contributed by atoms with E-state index in [-0.39, 0.29) is 0 Å². The second-order valence-electron chi connectivity index (χ2n) is 2.55. The highest BCUT2D eigenvalue weighted by molar-refractivity contribution is 6.31. The largest absolute Gasteiger partial charge is 0.278 e. The molecule has 3 heteroatoms. The minimum absolute atomic E-state index is 0.749. The number of halogens is 1. The Hall–Kier alpha value is -1.02. The van der Waals surface area contributed by atoms with Gasteiger partial charge in [0, 0.05) is 10.4 Å². The van der Waals surface area contributed by atoms with E-state index in [2.05, 4.69) is 10.2 Å². The number of aromatic amines is 1. The fourth-order valence-corrected chi connectivity index (χ4v) is 1.46. The molecule has 2 rings (SSSR count). The average Bonchev–Trinajstić information content (AvgIpc) is 2.55. The summed E-state index contributed by atoms with van der Waals surface area (Å²) in [5.74, 6) is 0. The Morgan fingerprint density at radius 1 is 1.31 bits per heavy atom. The van der Waals surface area contributed by atoms with Crippen molar-refractivity contribution in [3.63, 3.8) is 0 Å². The number of benzene rings is 1. The summed E-state index contributed by atoms with van der Waals surface area (Å²) in [5, 5.41) is 8.67. The molecule has 0 spiro atoms. The molecule has 0 atom stereocenters. The Kier molecular flexibility index (Phi) is 3.32. The van der Waals surface area contributed by atoms with E-state index in [0.29, 0.717) is 0 Å². The second-order valence-corrected chi connectivity index (χ2v) is 2.99. The number of H-pyrrole nitrogens is 1. The zero-order chi connectivity index (χ0) is 9.84. The van der Waals surface area contributed by atoms with Gasteiger partial charge < -0.3 is 0 Å². The first-order valence-corrected chi connectivity index (χ1v) is 4.74. The van der Waals surface area contributed by atoms with Gasteiger partial charge in [-0.05, 0) is 24.6 Å². The van der Waals surface area contributed by atoms with Gasteiger partial charge in [-0.1, -0.05) is 25.4 Å². The molecule has 0 saturated carbocycles. The Morgan fingerprint density at radius 2 is 2.00 bits per heavy atom. The zero-order valence-corrected chi connectivity index (χ0v) is 8.81. The molecule has 1 N–H and O–H groups in total. The summed E-state index contributed by atoms with van der Waals surface area (Å²) >= 11 is 5.83. The van der Waals surface area contributed by atoms with Crippen molar-refractivity contribution < 1.29 is 0 Å². The second kappa shape index (κ2) is 4.28. The summed E-state index contributed by atoms with van der Waals surface area (Å²) in [6.07, 6.45) is 1.81. The van der Waals surface area contributed by atoms with Crippen LogP contribution >= 0.6 is 11.6 Å². The van der Waals surface area contributed by atoms with Crippen LogP contribution in [0.25, 0.3) is 10.9 Å². The summed E-state index contributed by atoms with van der Waals surface area (Å²) in [7, 11) is 0. The van der Waals surface area contributed by atoms with Crippen molar-refractivity contribution in [2.45, 2.75) is 20.8 Å². The van der Waals surface area contributed by atoms with Crippen molar-refractivity contribution in [3.05, 3.63) is 28.9 Å². The van der Waals surface area contributed by atoms with E-state index in [1.54, 1.807) is 6.20 Å². The molecule has 0 bridgehead atoms. The van der Waals surface area contributed by atoms with Gasteiger partial charge in [0.05, 0.1) is 11.7 Å². The Balaban J connectivity index is 0.000000396. The van der Waals surface area contributed by atoms with Crippen LogP contribution in [0.1, 0.15) is 19.4 Å². The standard InChI is InChI=1S/C8H7ClN2.C2H6/c1-5-2-6(9)3-8-7(5)4-10-11-8;1-2/h2-4H,1H3,(H,10,11);1-2H3. The maximum atomic E-state index is 5.83. The predicted octanol–water partition coefficient (Wildman–Crippen LogP) is 3.55.